The lowest BCUT2D eigenvalue weighted by Crippen LogP contribution is -2.32. The van der Waals surface area contributed by atoms with Crippen molar-refractivity contribution in [3.05, 3.63) is 86.4 Å². The molecule has 0 N–H and O–H groups in total. The van der Waals surface area contributed by atoms with Crippen LogP contribution in [0.5, 0.6) is 0 Å². The van der Waals surface area contributed by atoms with Gasteiger partial charge >= 0.3 is 5.97 Å². The maximum absolute atomic E-state index is 13.1. The summed E-state index contributed by atoms with van der Waals surface area (Å²) in [7, 11) is 0. The lowest BCUT2D eigenvalue weighted by Gasteiger charge is -2.31. The summed E-state index contributed by atoms with van der Waals surface area (Å²) in [4.78, 5) is 23.6. The fraction of sp³-hybridized carbons (Fsp3) is 0.400. The van der Waals surface area contributed by atoms with E-state index < -0.39 is 10.5 Å². The second-order valence-corrected chi connectivity index (χ2v) is 10.8. The minimum absolute atomic E-state index is 0.0121. The lowest BCUT2D eigenvalue weighted by molar-refractivity contribution is -0.384. The van der Waals surface area contributed by atoms with Gasteiger partial charge in [0.05, 0.1) is 10.5 Å². The predicted molar refractivity (Wildman–Crippen MR) is 119 cm³/mol. The Morgan fingerprint density at radius 3 is 2.52 bits per heavy atom. The van der Waals surface area contributed by atoms with Crippen molar-refractivity contribution in [3.63, 3.8) is 0 Å². The standard InChI is InChI=1S/C25H22BrNO4/c1-22-14-23-12-2-3-13-24(23,17-6-8-18(26)9-7-17)21(23)25(22,15-22)31-20(28)16-4-10-19(11-5-16)27(29)30/h3-11,13,21H,2,12,14-15H2,1H3/t21-,22-,23?,24-,25+/m0/s1. The molecule has 158 valence electrons. The molecule has 0 amide bonds. The van der Waals surface area contributed by atoms with Gasteiger partial charge in [0, 0.05) is 33.4 Å². The zero-order valence-electron chi connectivity index (χ0n) is 17.1. The summed E-state index contributed by atoms with van der Waals surface area (Å²) in [6, 6.07) is 14.3. The van der Waals surface area contributed by atoms with E-state index in [0.717, 1.165) is 30.2 Å². The Morgan fingerprint density at radius 2 is 1.84 bits per heavy atom. The Morgan fingerprint density at radius 1 is 1.13 bits per heavy atom. The maximum Gasteiger partial charge on any atom is 0.338 e. The molecule has 6 rings (SSSR count). The Labute approximate surface area is 188 Å². The molecule has 0 heterocycles. The van der Waals surface area contributed by atoms with Crippen LogP contribution in [0.2, 0.25) is 0 Å². The first kappa shape index (κ1) is 19.2. The third kappa shape index (κ3) is 2.24. The van der Waals surface area contributed by atoms with E-state index in [-0.39, 0.29) is 33.8 Å². The highest BCUT2D eigenvalue weighted by Crippen LogP contribution is 2.94. The van der Waals surface area contributed by atoms with Gasteiger partial charge in [0.15, 0.2) is 0 Å². The third-order valence-corrected chi connectivity index (χ3v) is 9.05. The monoisotopic (exact) mass is 479 g/mol. The van der Waals surface area contributed by atoms with Crippen LogP contribution in [0.25, 0.3) is 0 Å². The predicted octanol–water partition coefficient (Wildman–Crippen LogP) is 5.97. The number of allylic oxidation sites excluding steroid dienone is 2. The average Bonchev–Trinajstić information content (AvgIpc) is 3.54. The molecule has 1 unspecified atom stereocenters. The number of ether oxygens (including phenoxy) is 1. The second-order valence-electron chi connectivity index (χ2n) is 9.90. The minimum atomic E-state index is -0.465. The number of benzene rings is 2. The maximum atomic E-state index is 13.1. The SMILES string of the molecule is C[C@@]12CC34CCC=C[C@]3(c3ccc(Br)cc3)[C@H]4[C@]1(OC(=O)c1ccc([N+](=O)[O-])cc1)C2. The van der Waals surface area contributed by atoms with Crippen molar-refractivity contribution in [2.24, 2.45) is 16.7 Å². The van der Waals surface area contributed by atoms with Crippen LogP contribution in [0.1, 0.15) is 48.5 Å². The molecule has 3 fully saturated rings. The van der Waals surface area contributed by atoms with Crippen molar-refractivity contribution in [1.82, 2.24) is 0 Å². The average molecular weight is 480 g/mol. The first-order chi connectivity index (χ1) is 14.8. The summed E-state index contributed by atoms with van der Waals surface area (Å²) in [5.74, 6) is -0.103. The van der Waals surface area contributed by atoms with Crippen molar-refractivity contribution in [1.29, 1.82) is 0 Å². The van der Waals surface area contributed by atoms with Gasteiger partial charge in [-0.2, -0.15) is 0 Å². The molecule has 2 aromatic rings. The molecule has 0 aliphatic heterocycles. The summed E-state index contributed by atoms with van der Waals surface area (Å²) in [5, 5.41) is 10.9. The van der Waals surface area contributed by atoms with Crippen LogP contribution < -0.4 is 0 Å². The van der Waals surface area contributed by atoms with Gasteiger partial charge in [-0.15, -0.1) is 0 Å². The third-order valence-electron chi connectivity index (χ3n) is 8.52. The number of non-ortho nitro benzene ring substituents is 1. The van der Waals surface area contributed by atoms with Crippen LogP contribution in [0.15, 0.2) is 65.2 Å². The number of halogens is 1. The van der Waals surface area contributed by atoms with Gasteiger partial charge in [-0.3, -0.25) is 10.1 Å². The molecule has 5 nitrogen and oxygen atoms in total. The molecule has 5 atom stereocenters. The molecule has 3 saturated carbocycles. The Bertz CT molecular complexity index is 1160. The zero-order chi connectivity index (χ0) is 21.6. The molecule has 4 aliphatic carbocycles. The normalized spacial score (nSPS) is 38.6. The van der Waals surface area contributed by atoms with Gasteiger partial charge in [-0.25, -0.2) is 4.79 Å². The van der Waals surface area contributed by atoms with Gasteiger partial charge in [0.2, 0.25) is 0 Å². The van der Waals surface area contributed by atoms with Crippen LogP contribution in [0.3, 0.4) is 0 Å². The topological polar surface area (TPSA) is 69.4 Å². The molecule has 2 aromatic carbocycles. The second kappa shape index (κ2) is 5.85. The zero-order valence-corrected chi connectivity index (χ0v) is 18.7. The summed E-state index contributed by atoms with van der Waals surface area (Å²) in [6.07, 6.45) is 8.81. The van der Waals surface area contributed by atoms with Crippen LogP contribution in [-0.2, 0) is 10.2 Å². The fourth-order valence-corrected chi connectivity index (χ4v) is 7.59. The van der Waals surface area contributed by atoms with Gasteiger partial charge in [0.25, 0.3) is 5.69 Å². The van der Waals surface area contributed by atoms with E-state index in [1.54, 1.807) is 0 Å². The number of esters is 1. The molecule has 0 aromatic heterocycles. The Kier molecular flexibility index (Phi) is 3.63. The molecule has 31 heavy (non-hydrogen) atoms. The minimum Gasteiger partial charge on any atom is -0.455 e. The number of hydrogen-bond acceptors (Lipinski definition) is 4. The Balaban J connectivity index is 1.36. The van der Waals surface area contributed by atoms with Crippen molar-refractivity contribution < 1.29 is 14.5 Å². The van der Waals surface area contributed by atoms with Crippen LogP contribution in [-0.4, -0.2) is 16.5 Å². The molecule has 6 heteroatoms. The van der Waals surface area contributed by atoms with Gasteiger partial charge in [-0.1, -0.05) is 47.1 Å². The lowest BCUT2D eigenvalue weighted by atomic mass is 9.74. The molecular formula is C25H22BrNO4. The van der Waals surface area contributed by atoms with Crippen LogP contribution in [0.4, 0.5) is 5.69 Å². The quantitative estimate of drug-likeness (QED) is 0.234. The van der Waals surface area contributed by atoms with E-state index in [1.165, 1.54) is 29.8 Å². The van der Waals surface area contributed by atoms with Crippen molar-refractivity contribution in [3.8, 4) is 0 Å². The summed E-state index contributed by atoms with van der Waals surface area (Å²) in [6.45, 7) is 2.25. The van der Waals surface area contributed by atoms with Crippen LogP contribution >= 0.6 is 15.9 Å². The highest BCUT2D eigenvalue weighted by atomic mass is 79.9. The summed E-state index contributed by atoms with van der Waals surface area (Å²) in [5.41, 5.74) is 1.27. The molecule has 0 radical (unpaired) electrons. The first-order valence-corrected chi connectivity index (χ1v) is 11.5. The molecule has 1 spiro atoms. The van der Waals surface area contributed by atoms with E-state index >= 15 is 0 Å². The number of hydrogen-bond donors (Lipinski definition) is 0. The smallest absolute Gasteiger partial charge is 0.338 e. The van der Waals surface area contributed by atoms with E-state index in [2.05, 4.69) is 59.3 Å². The highest BCUT2D eigenvalue weighted by molar-refractivity contribution is 9.10. The number of nitro benzene ring substituents is 1. The van der Waals surface area contributed by atoms with E-state index in [9.17, 15) is 14.9 Å². The van der Waals surface area contributed by atoms with Gasteiger partial charge in [0.1, 0.15) is 5.60 Å². The largest absolute Gasteiger partial charge is 0.455 e. The van der Waals surface area contributed by atoms with Gasteiger partial charge < -0.3 is 4.74 Å². The summed E-state index contributed by atoms with van der Waals surface area (Å²) < 4.78 is 7.38. The molecule has 0 bridgehead atoms. The van der Waals surface area contributed by atoms with Crippen molar-refractivity contribution in [2.75, 3.05) is 0 Å². The molecule has 0 saturated heterocycles. The van der Waals surface area contributed by atoms with E-state index in [1.807, 2.05) is 0 Å². The number of nitrogens with zero attached hydrogens (tertiary/aromatic N) is 1. The number of nitro groups is 1. The highest BCUT2D eigenvalue weighted by Gasteiger charge is 2.96. The van der Waals surface area contributed by atoms with Crippen molar-refractivity contribution in [2.45, 2.75) is 43.6 Å². The van der Waals surface area contributed by atoms with Crippen LogP contribution in [0, 0.1) is 26.9 Å². The van der Waals surface area contributed by atoms with E-state index in [4.69, 9.17) is 4.74 Å². The molecule has 4 aliphatic rings. The number of carbonyl (C=O) groups is 1. The fourth-order valence-electron chi connectivity index (χ4n) is 7.33. The number of fused-ring (bicyclic) bond motifs is 3. The Hall–Kier alpha value is -2.47. The summed E-state index contributed by atoms with van der Waals surface area (Å²) >= 11 is 3.54. The number of carbonyl (C=O) groups excluding carboxylic acids is 1. The first-order valence-electron chi connectivity index (χ1n) is 10.7. The van der Waals surface area contributed by atoms with Gasteiger partial charge in [-0.05, 0) is 60.9 Å². The van der Waals surface area contributed by atoms with Crippen molar-refractivity contribution >= 4 is 27.6 Å². The molecular weight excluding hydrogens is 458 g/mol. The number of rotatable bonds is 4. The van der Waals surface area contributed by atoms with E-state index in [0.29, 0.717) is 5.56 Å².